The van der Waals surface area contributed by atoms with Crippen LogP contribution >= 0.6 is 11.6 Å². The molecule has 0 spiro atoms. The molecule has 2 aliphatic heterocycles. The van der Waals surface area contributed by atoms with Crippen LogP contribution in [0.25, 0.3) is 11.0 Å². The largest absolute Gasteiger partial charge is 0.489 e. The lowest BCUT2D eigenvalue weighted by molar-refractivity contribution is -0.147. The Morgan fingerprint density at radius 3 is 2.64 bits per heavy atom. The molecule has 2 aromatic carbocycles. The first-order valence-electron chi connectivity index (χ1n) is 14.9. The number of hydrogen-bond acceptors (Lipinski definition) is 6. The van der Waals surface area contributed by atoms with Crippen molar-refractivity contribution in [1.82, 2.24) is 30.1 Å². The Kier molecular flexibility index (Phi) is 8.07. The molecule has 1 saturated carbocycles. The molecule has 3 aromatic rings. The fourth-order valence-corrected chi connectivity index (χ4v) is 7.20. The minimum Gasteiger partial charge on any atom is -0.489 e. The Bertz CT molecular complexity index is 1520. The molecular formula is C31H37ClN6O4. The third-order valence-electron chi connectivity index (χ3n) is 9.16. The lowest BCUT2D eigenvalue weighted by atomic mass is 9.77. The summed E-state index contributed by atoms with van der Waals surface area (Å²) in [5.74, 6) is -0.0999. The van der Waals surface area contributed by atoms with Crippen molar-refractivity contribution in [2.45, 2.75) is 57.6 Å². The minimum absolute atomic E-state index is 0.0235. The van der Waals surface area contributed by atoms with Crippen molar-refractivity contribution in [1.29, 1.82) is 0 Å². The van der Waals surface area contributed by atoms with Crippen LogP contribution in [0.5, 0.6) is 5.75 Å². The van der Waals surface area contributed by atoms with Crippen LogP contribution in [-0.2, 0) is 34.5 Å². The number of nitrogens with zero attached hydrogens (tertiary/aromatic N) is 5. The molecule has 1 N–H and O–H groups in total. The smallest absolute Gasteiger partial charge is 0.227 e. The number of amides is 3. The maximum Gasteiger partial charge on any atom is 0.227 e. The highest BCUT2D eigenvalue weighted by molar-refractivity contribution is 6.31. The van der Waals surface area contributed by atoms with E-state index in [1.807, 2.05) is 47.2 Å². The molecule has 6 rings (SSSR count). The van der Waals surface area contributed by atoms with Crippen LogP contribution in [0.2, 0.25) is 5.02 Å². The highest BCUT2D eigenvalue weighted by Gasteiger charge is 2.43. The Morgan fingerprint density at radius 2 is 1.88 bits per heavy atom. The summed E-state index contributed by atoms with van der Waals surface area (Å²) >= 11 is 6.76. The van der Waals surface area contributed by atoms with Crippen LogP contribution in [0.15, 0.2) is 30.3 Å². The van der Waals surface area contributed by atoms with E-state index in [-0.39, 0.29) is 29.6 Å². The number of aromatic nitrogens is 3. The Labute approximate surface area is 250 Å². The van der Waals surface area contributed by atoms with Gasteiger partial charge in [-0.3, -0.25) is 14.4 Å². The highest BCUT2D eigenvalue weighted by Crippen LogP contribution is 2.43. The van der Waals surface area contributed by atoms with Crippen molar-refractivity contribution < 1.29 is 19.1 Å². The molecule has 0 radical (unpaired) electrons. The van der Waals surface area contributed by atoms with E-state index in [0.29, 0.717) is 62.7 Å². The quantitative estimate of drug-likeness (QED) is 0.447. The number of ether oxygens (including phenoxy) is 1. The Balaban J connectivity index is 1.34. The van der Waals surface area contributed by atoms with Crippen LogP contribution in [0.3, 0.4) is 0 Å². The third-order valence-corrected chi connectivity index (χ3v) is 9.51. The average Bonchev–Trinajstić information content (AvgIpc) is 3.60. The van der Waals surface area contributed by atoms with Gasteiger partial charge in [0.25, 0.3) is 0 Å². The molecule has 222 valence electrons. The number of rotatable bonds is 7. The van der Waals surface area contributed by atoms with Crippen molar-refractivity contribution in [3.8, 4) is 5.75 Å². The maximum absolute atomic E-state index is 14.3. The van der Waals surface area contributed by atoms with Gasteiger partial charge in [-0.15, -0.1) is 5.10 Å². The highest BCUT2D eigenvalue weighted by atomic mass is 35.5. The molecule has 3 aliphatic rings. The molecule has 10 nitrogen and oxygen atoms in total. The fraction of sp³-hybridized carbons (Fsp3) is 0.516. The number of nitrogens with one attached hydrogen (secondary N) is 1. The molecule has 3 atom stereocenters. The van der Waals surface area contributed by atoms with E-state index >= 15 is 0 Å². The number of fused-ring (bicyclic) bond motifs is 2. The van der Waals surface area contributed by atoms with Crippen LogP contribution in [0.1, 0.15) is 61.3 Å². The number of hydrogen-bond donors (Lipinski definition) is 1. The molecule has 0 bridgehead atoms. The van der Waals surface area contributed by atoms with Crippen LogP contribution in [0.4, 0.5) is 0 Å². The Morgan fingerprint density at radius 1 is 1.07 bits per heavy atom. The molecule has 42 heavy (non-hydrogen) atoms. The van der Waals surface area contributed by atoms with Gasteiger partial charge in [-0.25, -0.2) is 4.68 Å². The summed E-state index contributed by atoms with van der Waals surface area (Å²) in [5.41, 5.74) is 4.47. The van der Waals surface area contributed by atoms with Gasteiger partial charge in [-0.1, -0.05) is 35.7 Å². The van der Waals surface area contributed by atoms with Gasteiger partial charge in [0, 0.05) is 62.6 Å². The van der Waals surface area contributed by atoms with E-state index in [0.717, 1.165) is 47.0 Å². The van der Waals surface area contributed by atoms with Crippen molar-refractivity contribution >= 4 is 40.4 Å². The molecule has 1 aromatic heterocycles. The number of likely N-dealkylation sites (tertiary alicyclic amines) is 1. The van der Waals surface area contributed by atoms with Gasteiger partial charge >= 0.3 is 0 Å². The molecule has 1 saturated heterocycles. The molecular weight excluding hydrogens is 556 g/mol. The van der Waals surface area contributed by atoms with E-state index in [4.69, 9.17) is 16.3 Å². The summed E-state index contributed by atoms with van der Waals surface area (Å²) in [6.07, 6.45) is 5.12. The van der Waals surface area contributed by atoms with Gasteiger partial charge in [0.1, 0.15) is 17.9 Å². The first-order chi connectivity index (χ1) is 20.4. The first-order valence-corrected chi connectivity index (χ1v) is 15.3. The summed E-state index contributed by atoms with van der Waals surface area (Å²) < 4.78 is 8.18. The van der Waals surface area contributed by atoms with Gasteiger partial charge < -0.3 is 19.9 Å². The van der Waals surface area contributed by atoms with Crippen molar-refractivity contribution in [2.75, 3.05) is 26.7 Å². The van der Waals surface area contributed by atoms with Gasteiger partial charge in [0.05, 0.1) is 11.6 Å². The predicted molar refractivity (Wildman–Crippen MR) is 158 cm³/mol. The summed E-state index contributed by atoms with van der Waals surface area (Å²) in [6.45, 7) is 1.80. The first kappa shape index (κ1) is 28.5. The van der Waals surface area contributed by atoms with Crippen molar-refractivity contribution in [2.24, 2.45) is 18.9 Å². The molecule has 11 heteroatoms. The number of carbonyl (C=O) groups excluding carboxylic acids is 3. The van der Waals surface area contributed by atoms with E-state index in [9.17, 15) is 14.4 Å². The standard InChI is InChI=1S/C31H37ClN6O4/c1-33-30(40)20-6-3-4-7-21(20)31(41)38-15-13-22-23(32)10-12-27(29(22)26(38)17-37-14-5-8-28(37)39)42-18-19-9-11-25-24(16-19)34-35-36(25)2/h9-12,16,20-21,26H,3-8,13-15,17-18H2,1-2H3,(H,33,40)/t20-,21?,26-/m1/s1. The summed E-state index contributed by atoms with van der Waals surface area (Å²) in [5, 5.41) is 11.7. The van der Waals surface area contributed by atoms with Gasteiger partial charge in [-0.2, -0.15) is 0 Å². The number of benzene rings is 2. The van der Waals surface area contributed by atoms with Crippen LogP contribution < -0.4 is 10.1 Å². The normalized spacial score (nSPS) is 22.4. The molecule has 1 unspecified atom stereocenters. The number of halogens is 1. The zero-order valence-corrected chi connectivity index (χ0v) is 24.9. The predicted octanol–water partition coefficient (Wildman–Crippen LogP) is 3.80. The minimum atomic E-state index is -0.424. The number of carbonyl (C=O) groups is 3. The van der Waals surface area contributed by atoms with Gasteiger partial charge in [-0.05, 0) is 61.1 Å². The average molecular weight is 593 g/mol. The van der Waals surface area contributed by atoms with Crippen molar-refractivity contribution in [3.63, 3.8) is 0 Å². The van der Waals surface area contributed by atoms with Gasteiger partial charge in [0.2, 0.25) is 17.7 Å². The lowest BCUT2D eigenvalue weighted by Gasteiger charge is -2.43. The van der Waals surface area contributed by atoms with Crippen molar-refractivity contribution in [3.05, 3.63) is 52.0 Å². The molecule has 3 amide bonds. The summed E-state index contributed by atoms with van der Waals surface area (Å²) in [7, 11) is 3.49. The second kappa shape index (κ2) is 11.9. The van der Waals surface area contributed by atoms with E-state index in [2.05, 4.69) is 15.6 Å². The van der Waals surface area contributed by atoms with Crippen LogP contribution in [0, 0.1) is 11.8 Å². The van der Waals surface area contributed by atoms with Gasteiger partial charge in [0.15, 0.2) is 0 Å². The van der Waals surface area contributed by atoms with Crippen LogP contribution in [-0.4, -0.2) is 69.2 Å². The SMILES string of the molecule is CNC(=O)[C@@H]1CCCCC1C(=O)N1CCc2c(Cl)ccc(OCc3ccc4c(c3)nnn4C)c2[C@H]1CN1CCCC1=O. The molecule has 1 aliphatic carbocycles. The third kappa shape index (κ3) is 5.32. The van der Waals surface area contributed by atoms with E-state index < -0.39 is 6.04 Å². The summed E-state index contributed by atoms with van der Waals surface area (Å²) in [4.78, 5) is 43.6. The zero-order valence-electron chi connectivity index (χ0n) is 24.1. The molecule has 2 fully saturated rings. The maximum atomic E-state index is 14.3. The zero-order chi connectivity index (χ0) is 29.4. The summed E-state index contributed by atoms with van der Waals surface area (Å²) in [6, 6.07) is 9.21. The molecule has 3 heterocycles. The van der Waals surface area contributed by atoms with E-state index in [1.54, 1.807) is 11.7 Å². The Hall–Kier alpha value is -3.66. The second-order valence-corrected chi connectivity index (χ2v) is 12.0. The fourth-order valence-electron chi connectivity index (χ4n) is 6.94. The van der Waals surface area contributed by atoms with E-state index in [1.165, 1.54) is 0 Å². The topological polar surface area (TPSA) is 110 Å². The monoisotopic (exact) mass is 592 g/mol. The second-order valence-electron chi connectivity index (χ2n) is 11.6. The number of aryl methyl sites for hydroxylation is 1. The lowest BCUT2D eigenvalue weighted by Crippen LogP contribution is -2.50.